The number of nitrogens with zero attached hydrogens (tertiary/aromatic N) is 2. The van der Waals surface area contributed by atoms with E-state index in [9.17, 15) is 0 Å². The van der Waals surface area contributed by atoms with Crippen LogP contribution in [0.3, 0.4) is 0 Å². The molecule has 0 saturated heterocycles. The molecule has 0 aliphatic heterocycles. The second-order valence-electron chi connectivity index (χ2n) is 10.7. The van der Waals surface area contributed by atoms with Crippen molar-refractivity contribution < 1.29 is 9.47 Å². The first-order valence-corrected chi connectivity index (χ1v) is 17.1. The topological polar surface area (TPSA) is 44.2 Å². The number of aromatic nitrogens is 2. The highest BCUT2D eigenvalue weighted by Gasteiger charge is 2.17. The lowest BCUT2D eigenvalue weighted by Crippen LogP contribution is -2.08. The first kappa shape index (κ1) is 30.0. The van der Waals surface area contributed by atoms with Gasteiger partial charge in [-0.3, -0.25) is 0 Å². The summed E-state index contributed by atoms with van der Waals surface area (Å²) >= 11 is 4.80. The molecule has 3 heterocycles. The van der Waals surface area contributed by atoms with Gasteiger partial charge in [-0.15, -0.1) is 35.8 Å². The standard InChI is InChI=1S/C37H34N2O2S3/c1-5-24(4)22-40-28-12-8-26(9-13-28)32-18-20-34(42-32)30-16-17-31(37-36(30)38-44-39-37)35-21-19-33(43-35)27-10-14-29(15-11-27)41-23-25(6-2)7-3/h5-6,8-21,24-25H,1-2,7,22-23H2,3-4H3. The monoisotopic (exact) mass is 634 g/mol. The summed E-state index contributed by atoms with van der Waals surface area (Å²) in [4.78, 5) is 4.77. The minimum atomic E-state index is 0.319. The van der Waals surface area contributed by atoms with Crippen LogP contribution in [0.5, 0.6) is 11.5 Å². The van der Waals surface area contributed by atoms with E-state index in [1.165, 1.54) is 42.4 Å². The smallest absolute Gasteiger partial charge is 0.119 e. The zero-order chi connectivity index (χ0) is 30.5. The Labute approximate surface area is 271 Å². The molecule has 0 bridgehead atoms. The lowest BCUT2D eigenvalue weighted by molar-refractivity contribution is 0.272. The Hall–Kier alpha value is -4.04. The number of benzene rings is 3. The molecule has 6 rings (SSSR count). The number of fused-ring (bicyclic) bond motifs is 1. The largest absolute Gasteiger partial charge is 0.493 e. The Morgan fingerprint density at radius 2 is 1.11 bits per heavy atom. The molecule has 6 aromatic rings. The van der Waals surface area contributed by atoms with Crippen molar-refractivity contribution in [1.82, 2.24) is 8.75 Å². The van der Waals surface area contributed by atoms with Gasteiger partial charge in [-0.25, -0.2) is 0 Å². The third kappa shape index (κ3) is 6.55. The molecule has 0 saturated carbocycles. The Kier molecular flexibility index (Phi) is 9.36. The molecule has 0 fully saturated rings. The van der Waals surface area contributed by atoms with Gasteiger partial charge in [-0.1, -0.05) is 38.1 Å². The van der Waals surface area contributed by atoms with E-state index < -0.39 is 0 Å². The quantitative estimate of drug-likeness (QED) is 0.119. The molecular weight excluding hydrogens is 601 g/mol. The molecule has 0 radical (unpaired) electrons. The fourth-order valence-electron chi connectivity index (χ4n) is 4.82. The zero-order valence-electron chi connectivity index (χ0n) is 24.9. The van der Waals surface area contributed by atoms with Gasteiger partial charge in [0.25, 0.3) is 0 Å². The normalized spacial score (nSPS) is 12.6. The summed E-state index contributed by atoms with van der Waals surface area (Å²) in [5.41, 5.74) is 6.46. The molecule has 0 spiro atoms. The Balaban J connectivity index is 1.19. The summed E-state index contributed by atoms with van der Waals surface area (Å²) in [5.74, 6) is 2.44. The van der Waals surface area contributed by atoms with Crippen molar-refractivity contribution in [2.45, 2.75) is 20.3 Å². The van der Waals surface area contributed by atoms with E-state index in [0.717, 1.165) is 40.1 Å². The molecule has 2 atom stereocenters. The summed E-state index contributed by atoms with van der Waals surface area (Å²) in [6, 6.07) is 29.7. The second-order valence-corrected chi connectivity index (χ2v) is 13.4. The molecule has 3 aromatic carbocycles. The minimum absolute atomic E-state index is 0.319. The summed E-state index contributed by atoms with van der Waals surface area (Å²) in [6.07, 6.45) is 4.89. The molecule has 0 aliphatic carbocycles. The van der Waals surface area contributed by atoms with Crippen LogP contribution in [0.2, 0.25) is 0 Å². The summed E-state index contributed by atoms with van der Waals surface area (Å²) in [7, 11) is 0. The molecule has 0 aliphatic rings. The maximum Gasteiger partial charge on any atom is 0.119 e. The molecule has 2 unspecified atom stereocenters. The third-order valence-corrected chi connectivity index (χ3v) is 10.5. The van der Waals surface area contributed by atoms with Crippen molar-refractivity contribution >= 4 is 45.4 Å². The van der Waals surface area contributed by atoms with Crippen molar-refractivity contribution in [3.05, 3.63) is 110 Å². The zero-order valence-corrected chi connectivity index (χ0v) is 27.3. The van der Waals surface area contributed by atoms with Gasteiger partial charge in [0.05, 0.1) is 24.9 Å². The number of hydrogen-bond donors (Lipinski definition) is 0. The fraction of sp³-hybridized carbons (Fsp3) is 0.189. The SMILES string of the molecule is C=CC(C)COc1ccc(-c2ccc(-c3ccc(-c4ccc(-c5ccc(OCC(C=C)CC)cc5)s4)c4nsnc34)s2)cc1. The number of rotatable bonds is 13. The van der Waals surface area contributed by atoms with Gasteiger partial charge in [-0.2, -0.15) is 8.75 Å². The van der Waals surface area contributed by atoms with Crippen LogP contribution in [-0.2, 0) is 0 Å². The van der Waals surface area contributed by atoms with Gasteiger partial charge < -0.3 is 9.47 Å². The summed E-state index contributed by atoms with van der Waals surface area (Å²) in [6.45, 7) is 13.3. The highest BCUT2D eigenvalue weighted by atomic mass is 32.1. The molecule has 0 N–H and O–H groups in total. The van der Waals surface area contributed by atoms with Gasteiger partial charge in [0, 0.05) is 42.5 Å². The van der Waals surface area contributed by atoms with Crippen LogP contribution in [0.15, 0.2) is 110 Å². The van der Waals surface area contributed by atoms with Gasteiger partial charge in [0.1, 0.15) is 22.5 Å². The van der Waals surface area contributed by atoms with Crippen LogP contribution in [0.4, 0.5) is 0 Å². The third-order valence-electron chi connectivity index (χ3n) is 7.67. The average molecular weight is 635 g/mol. The molecule has 7 heteroatoms. The van der Waals surface area contributed by atoms with Gasteiger partial charge in [0.15, 0.2) is 0 Å². The highest BCUT2D eigenvalue weighted by Crippen LogP contribution is 2.42. The van der Waals surface area contributed by atoms with Crippen LogP contribution in [0.1, 0.15) is 20.3 Å². The van der Waals surface area contributed by atoms with Gasteiger partial charge >= 0.3 is 0 Å². The molecule has 44 heavy (non-hydrogen) atoms. The Morgan fingerprint density at radius 1 is 0.636 bits per heavy atom. The van der Waals surface area contributed by atoms with E-state index in [1.807, 2.05) is 36.4 Å². The van der Waals surface area contributed by atoms with Crippen molar-refractivity contribution in [2.75, 3.05) is 13.2 Å². The second kappa shape index (κ2) is 13.7. The summed E-state index contributed by atoms with van der Waals surface area (Å²) < 4.78 is 21.3. The van der Waals surface area contributed by atoms with Crippen molar-refractivity contribution in [3.63, 3.8) is 0 Å². The number of hydrogen-bond acceptors (Lipinski definition) is 7. The van der Waals surface area contributed by atoms with E-state index >= 15 is 0 Å². The van der Waals surface area contributed by atoms with E-state index in [2.05, 4.69) is 87.7 Å². The minimum Gasteiger partial charge on any atom is -0.493 e. The average Bonchev–Trinajstić information content (AvgIpc) is 3.86. The summed E-state index contributed by atoms with van der Waals surface area (Å²) in [5, 5.41) is 0. The van der Waals surface area contributed by atoms with Crippen LogP contribution in [0.25, 0.3) is 52.8 Å². The van der Waals surface area contributed by atoms with Crippen molar-refractivity contribution in [1.29, 1.82) is 0 Å². The first-order chi connectivity index (χ1) is 21.6. The fourth-order valence-corrected chi connectivity index (χ4v) is 7.47. The van der Waals surface area contributed by atoms with Crippen LogP contribution >= 0.6 is 34.4 Å². The van der Waals surface area contributed by atoms with E-state index in [4.69, 9.17) is 18.2 Å². The molecule has 0 amide bonds. The highest BCUT2D eigenvalue weighted by molar-refractivity contribution is 7.19. The van der Waals surface area contributed by atoms with E-state index in [1.54, 1.807) is 22.7 Å². The molecule has 3 aromatic heterocycles. The lowest BCUT2D eigenvalue weighted by atomic mass is 10.1. The lowest BCUT2D eigenvalue weighted by Gasteiger charge is -2.12. The van der Waals surface area contributed by atoms with Crippen molar-refractivity contribution in [3.8, 4) is 53.3 Å². The molecule has 222 valence electrons. The number of thiophene rings is 2. The predicted octanol–water partition coefficient (Wildman–Crippen LogP) is 11.3. The number of ether oxygens (including phenoxy) is 2. The first-order valence-electron chi connectivity index (χ1n) is 14.7. The predicted molar refractivity (Wildman–Crippen MR) is 189 cm³/mol. The molecule has 4 nitrogen and oxygen atoms in total. The maximum atomic E-state index is 5.96. The van der Waals surface area contributed by atoms with Crippen molar-refractivity contribution in [2.24, 2.45) is 11.8 Å². The van der Waals surface area contributed by atoms with Gasteiger partial charge in [0.2, 0.25) is 0 Å². The van der Waals surface area contributed by atoms with E-state index in [-0.39, 0.29) is 0 Å². The maximum absolute atomic E-state index is 5.96. The van der Waals surface area contributed by atoms with Crippen LogP contribution < -0.4 is 9.47 Å². The Morgan fingerprint density at radius 3 is 1.57 bits per heavy atom. The van der Waals surface area contributed by atoms with E-state index in [0.29, 0.717) is 25.0 Å². The van der Waals surface area contributed by atoms with Crippen LogP contribution in [-0.4, -0.2) is 22.0 Å². The molecular formula is C37H34N2O2S3. The Bertz CT molecular complexity index is 1870. The van der Waals surface area contributed by atoms with Gasteiger partial charge in [-0.05, 0) is 90.3 Å². The van der Waals surface area contributed by atoms with Crippen LogP contribution in [0, 0.1) is 11.8 Å².